The molecule has 0 aromatic heterocycles. The molecule has 1 fully saturated rings. The van der Waals surface area contributed by atoms with Crippen LogP contribution in [0.1, 0.15) is 11.1 Å². The molecule has 126 valence electrons. The average Bonchev–Trinajstić information content (AvgIpc) is 2.85. The minimum atomic E-state index is -0.501. The van der Waals surface area contributed by atoms with Crippen LogP contribution in [0.2, 0.25) is 5.02 Å². The van der Waals surface area contributed by atoms with E-state index >= 15 is 0 Å². The number of carbonyl (C=O) groups is 2. The standard InChI is InChI=1S/C17H11ClN2O4S/c18-13-5-1-11(2-6-13)9-15-16(21)19(17(22)25-15)10-12-3-7-14(8-4-12)20(23)24/h1-9H,10H2/b15-9+. The van der Waals surface area contributed by atoms with E-state index in [-0.39, 0.29) is 23.4 Å². The maximum Gasteiger partial charge on any atom is 0.293 e. The molecule has 1 saturated heterocycles. The third kappa shape index (κ3) is 3.89. The van der Waals surface area contributed by atoms with Crippen LogP contribution in [0.15, 0.2) is 53.4 Å². The number of benzene rings is 2. The summed E-state index contributed by atoms with van der Waals surface area (Å²) in [5.74, 6) is -0.386. The van der Waals surface area contributed by atoms with Gasteiger partial charge >= 0.3 is 0 Å². The second-order valence-electron chi connectivity index (χ2n) is 5.24. The number of imide groups is 1. The van der Waals surface area contributed by atoms with Crippen molar-refractivity contribution in [3.05, 3.63) is 79.7 Å². The van der Waals surface area contributed by atoms with Gasteiger partial charge in [-0.15, -0.1) is 0 Å². The number of thioether (sulfide) groups is 1. The lowest BCUT2D eigenvalue weighted by atomic mass is 10.2. The van der Waals surface area contributed by atoms with Crippen molar-refractivity contribution in [2.24, 2.45) is 0 Å². The van der Waals surface area contributed by atoms with Gasteiger partial charge in [-0.05, 0) is 41.1 Å². The molecule has 1 aliphatic rings. The molecule has 0 aliphatic carbocycles. The third-order valence-electron chi connectivity index (χ3n) is 3.53. The van der Waals surface area contributed by atoms with E-state index in [1.807, 2.05) is 0 Å². The lowest BCUT2D eigenvalue weighted by Crippen LogP contribution is -2.27. The molecule has 0 saturated carbocycles. The van der Waals surface area contributed by atoms with E-state index in [1.54, 1.807) is 30.3 Å². The lowest BCUT2D eigenvalue weighted by Gasteiger charge is -2.12. The van der Waals surface area contributed by atoms with E-state index in [0.29, 0.717) is 15.5 Å². The van der Waals surface area contributed by atoms with E-state index in [0.717, 1.165) is 22.2 Å². The number of carbonyl (C=O) groups excluding carboxylic acids is 2. The van der Waals surface area contributed by atoms with E-state index in [1.165, 1.54) is 24.3 Å². The molecule has 3 rings (SSSR count). The van der Waals surface area contributed by atoms with Gasteiger partial charge in [-0.2, -0.15) is 0 Å². The first-order valence-electron chi connectivity index (χ1n) is 7.18. The Bertz CT molecular complexity index is 879. The molecule has 6 nitrogen and oxygen atoms in total. The molecular formula is C17H11ClN2O4S. The van der Waals surface area contributed by atoms with Gasteiger partial charge < -0.3 is 0 Å². The van der Waals surface area contributed by atoms with Crippen LogP contribution in [0, 0.1) is 10.1 Å². The van der Waals surface area contributed by atoms with Gasteiger partial charge in [-0.1, -0.05) is 35.9 Å². The van der Waals surface area contributed by atoms with Crippen LogP contribution in [0.25, 0.3) is 6.08 Å². The highest BCUT2D eigenvalue weighted by Crippen LogP contribution is 2.33. The van der Waals surface area contributed by atoms with Crippen molar-refractivity contribution in [1.29, 1.82) is 0 Å². The number of nitro benzene ring substituents is 1. The minimum absolute atomic E-state index is 0.0412. The van der Waals surface area contributed by atoms with Crippen LogP contribution in [0.5, 0.6) is 0 Å². The SMILES string of the molecule is O=C1S/C(=C/c2ccc(Cl)cc2)C(=O)N1Cc1ccc([N+](=O)[O-])cc1. The van der Waals surface area contributed by atoms with Gasteiger partial charge in [0, 0.05) is 17.2 Å². The van der Waals surface area contributed by atoms with Gasteiger partial charge in [0.1, 0.15) is 0 Å². The zero-order valence-electron chi connectivity index (χ0n) is 12.7. The average molecular weight is 375 g/mol. The van der Waals surface area contributed by atoms with Crippen LogP contribution < -0.4 is 0 Å². The normalized spacial score (nSPS) is 15.9. The Morgan fingerprint density at radius 2 is 1.72 bits per heavy atom. The zero-order valence-corrected chi connectivity index (χ0v) is 14.3. The van der Waals surface area contributed by atoms with E-state index < -0.39 is 4.92 Å². The number of non-ortho nitro benzene ring substituents is 1. The Balaban J connectivity index is 1.77. The van der Waals surface area contributed by atoms with Gasteiger partial charge in [0.05, 0.1) is 16.4 Å². The molecule has 8 heteroatoms. The number of amides is 2. The maximum atomic E-state index is 12.4. The lowest BCUT2D eigenvalue weighted by molar-refractivity contribution is -0.384. The summed E-state index contributed by atoms with van der Waals surface area (Å²) in [6.45, 7) is 0.0701. The van der Waals surface area contributed by atoms with Crippen LogP contribution >= 0.6 is 23.4 Å². The van der Waals surface area contributed by atoms with Gasteiger partial charge in [0.25, 0.3) is 16.8 Å². The van der Waals surface area contributed by atoms with E-state index in [2.05, 4.69) is 0 Å². The molecule has 0 bridgehead atoms. The summed E-state index contributed by atoms with van der Waals surface area (Å²) in [4.78, 5) is 36.2. The predicted molar refractivity (Wildman–Crippen MR) is 96.1 cm³/mol. The predicted octanol–water partition coefficient (Wildman–Crippen LogP) is 4.48. The Kier molecular flexibility index (Phi) is 4.87. The summed E-state index contributed by atoms with van der Waals surface area (Å²) in [6, 6.07) is 12.7. The Morgan fingerprint density at radius 3 is 2.32 bits per heavy atom. The first-order valence-corrected chi connectivity index (χ1v) is 8.38. The maximum absolute atomic E-state index is 12.4. The number of hydrogen-bond acceptors (Lipinski definition) is 5. The number of nitro groups is 1. The molecular weight excluding hydrogens is 364 g/mol. The van der Waals surface area contributed by atoms with Gasteiger partial charge in [-0.3, -0.25) is 24.6 Å². The van der Waals surface area contributed by atoms with Gasteiger partial charge in [0.15, 0.2) is 0 Å². The molecule has 2 aromatic carbocycles. The summed E-state index contributed by atoms with van der Waals surface area (Å²) < 4.78 is 0. The van der Waals surface area contributed by atoms with Crippen molar-refractivity contribution >= 4 is 46.3 Å². The molecule has 1 aliphatic heterocycles. The molecule has 0 radical (unpaired) electrons. The van der Waals surface area contributed by atoms with E-state index in [4.69, 9.17) is 11.6 Å². The molecule has 1 heterocycles. The molecule has 0 unspecified atom stereocenters. The van der Waals surface area contributed by atoms with Gasteiger partial charge in [0.2, 0.25) is 0 Å². The fourth-order valence-corrected chi connectivity index (χ4v) is 3.22. The molecule has 2 amide bonds. The second kappa shape index (κ2) is 7.08. The highest BCUT2D eigenvalue weighted by atomic mass is 35.5. The summed E-state index contributed by atoms with van der Waals surface area (Å²) in [7, 11) is 0. The Labute approximate surface area is 152 Å². The first kappa shape index (κ1) is 17.2. The zero-order chi connectivity index (χ0) is 18.0. The number of hydrogen-bond donors (Lipinski definition) is 0. The van der Waals surface area contributed by atoms with Crippen molar-refractivity contribution < 1.29 is 14.5 Å². The largest absolute Gasteiger partial charge is 0.293 e. The first-order chi connectivity index (χ1) is 11.9. The van der Waals surface area contributed by atoms with Crippen molar-refractivity contribution in [2.75, 3.05) is 0 Å². The van der Waals surface area contributed by atoms with Crippen LogP contribution in [-0.4, -0.2) is 21.0 Å². The van der Waals surface area contributed by atoms with Crippen molar-refractivity contribution in [3.8, 4) is 0 Å². The van der Waals surface area contributed by atoms with Crippen molar-refractivity contribution in [2.45, 2.75) is 6.54 Å². The topological polar surface area (TPSA) is 80.5 Å². The van der Waals surface area contributed by atoms with Crippen LogP contribution in [0.3, 0.4) is 0 Å². The monoisotopic (exact) mass is 374 g/mol. The molecule has 0 atom stereocenters. The fraction of sp³-hybridized carbons (Fsp3) is 0.0588. The smallest absolute Gasteiger partial charge is 0.268 e. The van der Waals surface area contributed by atoms with Crippen molar-refractivity contribution in [3.63, 3.8) is 0 Å². The number of halogens is 1. The molecule has 0 spiro atoms. The fourth-order valence-electron chi connectivity index (χ4n) is 2.25. The second-order valence-corrected chi connectivity index (χ2v) is 6.67. The highest BCUT2D eigenvalue weighted by molar-refractivity contribution is 8.18. The van der Waals surface area contributed by atoms with E-state index in [9.17, 15) is 19.7 Å². The third-order valence-corrected chi connectivity index (χ3v) is 4.69. The van der Waals surface area contributed by atoms with Gasteiger partial charge in [-0.25, -0.2) is 0 Å². The molecule has 2 aromatic rings. The van der Waals surface area contributed by atoms with Crippen LogP contribution in [0.4, 0.5) is 10.5 Å². The number of rotatable bonds is 4. The summed E-state index contributed by atoms with van der Waals surface area (Å²) in [6.07, 6.45) is 1.64. The highest BCUT2D eigenvalue weighted by Gasteiger charge is 2.35. The molecule has 25 heavy (non-hydrogen) atoms. The Morgan fingerprint density at radius 1 is 1.08 bits per heavy atom. The molecule has 0 N–H and O–H groups in total. The van der Waals surface area contributed by atoms with Crippen molar-refractivity contribution in [1.82, 2.24) is 4.90 Å². The Hall–Kier alpha value is -2.64. The summed E-state index contributed by atoms with van der Waals surface area (Å²) in [5.41, 5.74) is 1.37. The quantitative estimate of drug-likeness (QED) is 0.447. The number of nitrogens with zero attached hydrogens (tertiary/aromatic N) is 2. The summed E-state index contributed by atoms with van der Waals surface area (Å²) in [5, 5.41) is 10.9. The summed E-state index contributed by atoms with van der Waals surface area (Å²) >= 11 is 6.69. The van der Waals surface area contributed by atoms with Crippen LogP contribution in [-0.2, 0) is 11.3 Å². The minimum Gasteiger partial charge on any atom is -0.268 e.